The number of carbonyl (C=O) groups is 1. The Morgan fingerprint density at radius 2 is 1.95 bits per heavy atom. The van der Waals surface area contributed by atoms with Crippen LogP contribution in [0.1, 0.15) is 26.2 Å². The van der Waals surface area contributed by atoms with Gasteiger partial charge in [-0.25, -0.2) is 0 Å². The van der Waals surface area contributed by atoms with Gasteiger partial charge in [-0.3, -0.25) is 4.79 Å². The molecule has 1 aliphatic heterocycles. The first-order chi connectivity index (χ1) is 10.5. The molecule has 1 aromatic carbocycles. The van der Waals surface area contributed by atoms with Crippen molar-refractivity contribution in [1.82, 2.24) is 4.90 Å². The van der Waals surface area contributed by atoms with Gasteiger partial charge in [0.05, 0.1) is 10.8 Å². The highest BCUT2D eigenvalue weighted by molar-refractivity contribution is 8.45. The maximum atomic E-state index is 12.2. The minimum Gasteiger partial charge on any atom is -0.324 e. The number of rotatable bonds is 6. The molecule has 1 aromatic rings. The molecule has 8 heteroatoms. The van der Waals surface area contributed by atoms with Crippen molar-refractivity contribution in [2.45, 2.75) is 31.1 Å². The van der Waals surface area contributed by atoms with Crippen LogP contribution in [0.15, 0.2) is 39.6 Å². The quantitative estimate of drug-likeness (QED) is 0.724. The largest absolute Gasteiger partial charge is 0.324 e. The summed E-state index contributed by atoms with van der Waals surface area (Å²) in [6.07, 6.45) is 3.16. The lowest BCUT2D eigenvalue weighted by atomic mass is 10.2. The van der Waals surface area contributed by atoms with E-state index < -0.39 is 10.0 Å². The highest BCUT2D eigenvalue weighted by atomic mass is 32.2. The fourth-order valence-electron chi connectivity index (χ4n) is 1.85. The fraction of sp³-hybridized carbons (Fsp3) is 0.429. The van der Waals surface area contributed by atoms with Gasteiger partial charge in [-0.05, 0) is 30.3 Å². The van der Waals surface area contributed by atoms with Crippen LogP contribution in [0.4, 0.5) is 4.79 Å². The van der Waals surface area contributed by atoms with Crippen LogP contribution in [0.5, 0.6) is 0 Å². The van der Waals surface area contributed by atoms with E-state index in [1.165, 1.54) is 23.9 Å². The molecule has 0 spiro atoms. The Morgan fingerprint density at radius 1 is 1.23 bits per heavy atom. The molecule has 1 aliphatic rings. The molecule has 1 saturated heterocycles. The van der Waals surface area contributed by atoms with Gasteiger partial charge in [-0.1, -0.05) is 49.7 Å². The molecule has 5 nitrogen and oxygen atoms in total. The summed E-state index contributed by atoms with van der Waals surface area (Å²) in [5.41, 5.74) is 0. The summed E-state index contributed by atoms with van der Waals surface area (Å²) < 4.78 is 28.4. The second kappa shape index (κ2) is 8.03. The number of hydrogen-bond donors (Lipinski definition) is 0. The third kappa shape index (κ3) is 4.76. The van der Waals surface area contributed by atoms with Crippen LogP contribution in [0.25, 0.3) is 0 Å². The van der Waals surface area contributed by atoms with Gasteiger partial charge in [0.25, 0.3) is 15.3 Å². The molecule has 1 fully saturated rings. The van der Waals surface area contributed by atoms with Gasteiger partial charge in [0.1, 0.15) is 0 Å². The monoisotopic (exact) mass is 358 g/mol. The van der Waals surface area contributed by atoms with E-state index in [4.69, 9.17) is 0 Å². The van der Waals surface area contributed by atoms with Crippen LogP contribution in [0.2, 0.25) is 0 Å². The first kappa shape index (κ1) is 17.4. The van der Waals surface area contributed by atoms with Crippen molar-refractivity contribution < 1.29 is 13.2 Å². The molecule has 0 radical (unpaired) electrons. The maximum Gasteiger partial charge on any atom is 0.289 e. The summed E-state index contributed by atoms with van der Waals surface area (Å²) in [6, 6.07) is 8.03. The molecule has 22 heavy (non-hydrogen) atoms. The third-order valence-electron chi connectivity index (χ3n) is 3.04. The van der Waals surface area contributed by atoms with E-state index >= 15 is 0 Å². The van der Waals surface area contributed by atoms with Crippen molar-refractivity contribution >= 4 is 43.2 Å². The second-order valence-corrected chi connectivity index (χ2v) is 8.49. The van der Waals surface area contributed by atoms with Crippen LogP contribution in [0.3, 0.4) is 0 Å². The van der Waals surface area contributed by atoms with Gasteiger partial charge in [0.15, 0.2) is 4.38 Å². The lowest BCUT2D eigenvalue weighted by Crippen LogP contribution is -2.32. The van der Waals surface area contributed by atoms with Gasteiger partial charge >= 0.3 is 0 Å². The average molecular weight is 359 g/mol. The summed E-state index contributed by atoms with van der Waals surface area (Å²) in [5, 5.41) is -0.128. The summed E-state index contributed by atoms with van der Waals surface area (Å²) in [6.45, 7) is 2.83. The molecule has 0 N–H and O–H groups in total. The maximum absolute atomic E-state index is 12.2. The zero-order valence-corrected chi connectivity index (χ0v) is 14.7. The summed E-state index contributed by atoms with van der Waals surface area (Å²) in [4.78, 5) is 13.9. The molecular weight excluding hydrogens is 340 g/mol. The van der Waals surface area contributed by atoms with E-state index in [0.29, 0.717) is 16.8 Å². The van der Waals surface area contributed by atoms with Gasteiger partial charge in [-0.2, -0.15) is 8.42 Å². The third-order valence-corrected chi connectivity index (χ3v) is 6.65. The molecule has 0 unspecified atom stereocenters. The topological polar surface area (TPSA) is 66.8 Å². The molecule has 0 atom stereocenters. The standard InChI is InChI=1S/C14H18N2O3S3/c1-2-3-7-10-16-11-20-13(21-14(16)17)15-22(18,19)12-8-5-4-6-9-12/h4-6,8-9H,2-3,7,10-11H2,1H3. The van der Waals surface area contributed by atoms with E-state index in [2.05, 4.69) is 11.3 Å². The zero-order valence-electron chi connectivity index (χ0n) is 12.3. The number of benzene rings is 1. The van der Waals surface area contributed by atoms with Crippen LogP contribution >= 0.6 is 23.5 Å². The molecule has 120 valence electrons. The fourth-order valence-corrected chi connectivity index (χ4v) is 5.24. The van der Waals surface area contributed by atoms with E-state index in [9.17, 15) is 13.2 Å². The van der Waals surface area contributed by atoms with Crippen LogP contribution < -0.4 is 0 Å². The van der Waals surface area contributed by atoms with Crippen molar-refractivity contribution in [3.05, 3.63) is 30.3 Å². The smallest absolute Gasteiger partial charge is 0.289 e. The molecular formula is C14H18N2O3S3. The van der Waals surface area contributed by atoms with E-state index in [-0.39, 0.29) is 10.1 Å². The molecule has 2 rings (SSSR count). The van der Waals surface area contributed by atoms with Crippen molar-refractivity contribution in [1.29, 1.82) is 0 Å². The predicted octanol–water partition coefficient (Wildman–Crippen LogP) is 3.78. The van der Waals surface area contributed by atoms with Crippen molar-refractivity contribution in [2.24, 2.45) is 4.40 Å². The number of thioether (sulfide) groups is 2. The summed E-state index contributed by atoms with van der Waals surface area (Å²) >= 11 is 2.19. The molecule has 0 aromatic heterocycles. The molecule has 0 saturated carbocycles. The lowest BCUT2D eigenvalue weighted by molar-refractivity contribution is 0.230. The normalized spacial score (nSPS) is 18.0. The second-order valence-electron chi connectivity index (χ2n) is 4.76. The zero-order chi connectivity index (χ0) is 16.0. The summed E-state index contributed by atoms with van der Waals surface area (Å²) in [7, 11) is -3.75. The van der Waals surface area contributed by atoms with Crippen LogP contribution in [-0.4, -0.2) is 35.4 Å². The summed E-state index contributed by atoms with van der Waals surface area (Å²) in [5.74, 6) is 0.457. The number of amides is 1. The van der Waals surface area contributed by atoms with Crippen LogP contribution in [0, 0.1) is 0 Å². The van der Waals surface area contributed by atoms with E-state index in [0.717, 1.165) is 31.0 Å². The van der Waals surface area contributed by atoms with Gasteiger partial charge in [-0.15, -0.1) is 4.40 Å². The Morgan fingerprint density at radius 3 is 2.59 bits per heavy atom. The highest BCUT2D eigenvalue weighted by Gasteiger charge is 2.26. The molecule has 1 heterocycles. The van der Waals surface area contributed by atoms with Crippen molar-refractivity contribution in [3.8, 4) is 0 Å². The van der Waals surface area contributed by atoms with Gasteiger partial charge in [0.2, 0.25) is 0 Å². The Hall–Kier alpha value is -0.990. The first-order valence-electron chi connectivity index (χ1n) is 7.02. The van der Waals surface area contributed by atoms with E-state index in [1.54, 1.807) is 23.1 Å². The average Bonchev–Trinajstić information content (AvgIpc) is 2.50. The van der Waals surface area contributed by atoms with Crippen LogP contribution in [-0.2, 0) is 10.0 Å². The number of nitrogens with zero attached hydrogens (tertiary/aromatic N) is 2. The Bertz CT molecular complexity index is 645. The lowest BCUT2D eigenvalue weighted by Gasteiger charge is -2.25. The predicted molar refractivity (Wildman–Crippen MR) is 92.7 cm³/mol. The van der Waals surface area contributed by atoms with Gasteiger partial charge < -0.3 is 4.90 Å². The number of unbranched alkanes of at least 4 members (excludes halogenated alkanes) is 2. The number of sulfonamides is 1. The molecule has 0 aliphatic carbocycles. The van der Waals surface area contributed by atoms with E-state index in [1.807, 2.05) is 0 Å². The highest BCUT2D eigenvalue weighted by Crippen LogP contribution is 2.30. The molecule has 0 bridgehead atoms. The number of carbonyl (C=O) groups excluding carboxylic acids is 1. The van der Waals surface area contributed by atoms with Gasteiger partial charge in [0, 0.05) is 6.54 Å². The SMILES string of the molecule is CCCCCN1CSC(=NS(=O)(=O)c2ccccc2)SC1=O. The minimum atomic E-state index is -3.75. The first-order valence-corrected chi connectivity index (χ1v) is 10.3. The minimum absolute atomic E-state index is 0.128. The van der Waals surface area contributed by atoms with Crippen molar-refractivity contribution in [2.75, 3.05) is 12.4 Å². The Kier molecular flexibility index (Phi) is 6.34. The Labute approximate surface area is 139 Å². The Balaban J connectivity index is 2.02. The number of hydrogen-bond acceptors (Lipinski definition) is 5. The molecule has 1 amide bonds. The van der Waals surface area contributed by atoms with Crippen molar-refractivity contribution in [3.63, 3.8) is 0 Å².